The third-order valence-electron chi connectivity index (χ3n) is 4.42. The van der Waals surface area contributed by atoms with Gasteiger partial charge in [0.15, 0.2) is 6.33 Å². The smallest absolute Gasteiger partial charge is 0.237 e. The zero-order chi connectivity index (χ0) is 14.5. The molecule has 2 fully saturated rings. The lowest BCUT2D eigenvalue weighted by Gasteiger charge is -2.35. The fourth-order valence-electron chi connectivity index (χ4n) is 3.36. The van der Waals surface area contributed by atoms with Gasteiger partial charge in [0.05, 0.1) is 6.04 Å². The first kappa shape index (κ1) is 14.5. The molecule has 2 aliphatic heterocycles. The molecule has 7 nitrogen and oxygen atoms in total. The van der Waals surface area contributed by atoms with Crippen molar-refractivity contribution in [3.05, 3.63) is 12.2 Å². The topological polar surface area (TPSA) is 83.3 Å². The molecule has 21 heavy (non-hydrogen) atoms. The molecule has 1 amide bonds. The molecule has 7 heteroatoms. The second kappa shape index (κ2) is 7.00. The molecular formula is C14H23N5O2. The second-order valence-electron chi connectivity index (χ2n) is 5.75. The maximum atomic E-state index is 12.4. The zero-order valence-electron chi connectivity index (χ0n) is 12.3. The van der Waals surface area contributed by atoms with Crippen LogP contribution in [-0.2, 0) is 11.2 Å². The van der Waals surface area contributed by atoms with Gasteiger partial charge >= 0.3 is 0 Å². The Bertz CT molecular complexity index is 444. The van der Waals surface area contributed by atoms with Crippen molar-refractivity contribution in [2.45, 2.75) is 44.2 Å². The molecule has 0 aliphatic carbocycles. The summed E-state index contributed by atoms with van der Waals surface area (Å²) < 4.78 is 4.93. The van der Waals surface area contributed by atoms with Gasteiger partial charge in [0.1, 0.15) is 0 Å². The van der Waals surface area contributed by atoms with E-state index in [1.807, 2.05) is 0 Å². The van der Waals surface area contributed by atoms with Crippen LogP contribution in [0.3, 0.4) is 0 Å². The summed E-state index contributed by atoms with van der Waals surface area (Å²) in [6.45, 7) is 3.73. The zero-order valence-corrected chi connectivity index (χ0v) is 12.3. The number of rotatable bonds is 5. The number of aromatic nitrogens is 2. The standard InChI is InChI=1S/C14H23N5O2/c20-14(16-8-5-13-17-10-18-21-13)12-2-1-9-19(12)11-3-6-15-7-4-11/h10-12,15H,1-9H2,(H,16,20). The Balaban J connectivity index is 1.48. The maximum Gasteiger partial charge on any atom is 0.237 e. The van der Waals surface area contributed by atoms with Crippen LogP contribution < -0.4 is 10.6 Å². The minimum atomic E-state index is 0.0378. The van der Waals surface area contributed by atoms with E-state index < -0.39 is 0 Å². The van der Waals surface area contributed by atoms with Crippen LogP contribution in [0.15, 0.2) is 10.9 Å². The summed E-state index contributed by atoms with van der Waals surface area (Å²) in [7, 11) is 0. The molecule has 0 saturated carbocycles. The van der Waals surface area contributed by atoms with Crippen LogP contribution in [0.5, 0.6) is 0 Å². The van der Waals surface area contributed by atoms with E-state index in [1.54, 1.807) is 0 Å². The van der Waals surface area contributed by atoms with Crippen LogP contribution in [0.2, 0.25) is 0 Å². The average molecular weight is 293 g/mol. The number of nitrogens with one attached hydrogen (secondary N) is 2. The number of nitrogens with zero attached hydrogens (tertiary/aromatic N) is 3. The molecule has 116 valence electrons. The van der Waals surface area contributed by atoms with Gasteiger partial charge < -0.3 is 15.2 Å². The fraction of sp³-hybridized carbons (Fsp3) is 0.786. The van der Waals surface area contributed by atoms with Gasteiger partial charge in [-0.15, -0.1) is 0 Å². The molecule has 2 aliphatic rings. The van der Waals surface area contributed by atoms with E-state index in [4.69, 9.17) is 4.52 Å². The lowest BCUT2D eigenvalue weighted by Crippen LogP contribution is -2.50. The Morgan fingerprint density at radius 3 is 3.05 bits per heavy atom. The number of hydrogen-bond acceptors (Lipinski definition) is 6. The quantitative estimate of drug-likeness (QED) is 0.791. The van der Waals surface area contributed by atoms with E-state index in [0.29, 0.717) is 24.9 Å². The number of carbonyl (C=O) groups excluding carboxylic acids is 1. The number of likely N-dealkylation sites (tertiary alicyclic amines) is 1. The molecule has 2 saturated heterocycles. The van der Waals surface area contributed by atoms with E-state index in [1.165, 1.54) is 6.33 Å². The van der Waals surface area contributed by atoms with Gasteiger partial charge in [-0.2, -0.15) is 4.98 Å². The molecule has 0 radical (unpaired) electrons. The van der Waals surface area contributed by atoms with Crippen LogP contribution in [0.25, 0.3) is 0 Å². The number of amides is 1. The normalized spacial score (nSPS) is 24.3. The van der Waals surface area contributed by atoms with E-state index in [-0.39, 0.29) is 11.9 Å². The lowest BCUT2D eigenvalue weighted by molar-refractivity contribution is -0.126. The predicted octanol–water partition coefficient (Wildman–Crippen LogP) is -0.0553. The predicted molar refractivity (Wildman–Crippen MR) is 76.6 cm³/mol. The van der Waals surface area contributed by atoms with Crippen molar-refractivity contribution < 1.29 is 9.32 Å². The van der Waals surface area contributed by atoms with Crippen LogP contribution >= 0.6 is 0 Å². The summed E-state index contributed by atoms with van der Waals surface area (Å²) in [5, 5.41) is 9.95. The first-order chi connectivity index (χ1) is 10.3. The van der Waals surface area contributed by atoms with Gasteiger partial charge in [0.2, 0.25) is 11.8 Å². The minimum Gasteiger partial charge on any atom is -0.354 e. The van der Waals surface area contributed by atoms with Crippen molar-refractivity contribution >= 4 is 5.91 Å². The van der Waals surface area contributed by atoms with Crippen molar-refractivity contribution in [2.24, 2.45) is 0 Å². The Hall–Kier alpha value is -1.47. The van der Waals surface area contributed by atoms with Gasteiger partial charge in [-0.25, -0.2) is 0 Å². The minimum absolute atomic E-state index is 0.0378. The summed E-state index contributed by atoms with van der Waals surface area (Å²) in [5.74, 6) is 0.711. The molecule has 2 N–H and O–H groups in total. The Morgan fingerprint density at radius 1 is 1.43 bits per heavy atom. The average Bonchev–Trinajstić information content (AvgIpc) is 3.19. The molecular weight excluding hydrogens is 270 g/mol. The van der Waals surface area contributed by atoms with E-state index in [2.05, 4.69) is 25.7 Å². The van der Waals surface area contributed by atoms with E-state index >= 15 is 0 Å². The van der Waals surface area contributed by atoms with Crippen molar-refractivity contribution in [1.82, 2.24) is 25.7 Å². The molecule has 0 aromatic carbocycles. The largest absolute Gasteiger partial charge is 0.354 e. The highest BCUT2D eigenvalue weighted by molar-refractivity contribution is 5.82. The van der Waals surface area contributed by atoms with E-state index in [9.17, 15) is 4.79 Å². The number of hydrogen-bond donors (Lipinski definition) is 2. The Morgan fingerprint density at radius 2 is 2.29 bits per heavy atom. The third kappa shape index (κ3) is 3.59. The second-order valence-corrected chi connectivity index (χ2v) is 5.75. The summed E-state index contributed by atoms with van der Waals surface area (Å²) in [6.07, 6.45) is 6.35. The summed E-state index contributed by atoms with van der Waals surface area (Å²) in [6, 6.07) is 0.594. The van der Waals surface area contributed by atoms with Gasteiger partial charge in [-0.3, -0.25) is 9.69 Å². The van der Waals surface area contributed by atoms with Crippen molar-refractivity contribution in [3.63, 3.8) is 0 Å². The van der Waals surface area contributed by atoms with Crippen LogP contribution in [0.4, 0.5) is 0 Å². The van der Waals surface area contributed by atoms with Crippen LogP contribution in [0, 0.1) is 0 Å². The molecule has 1 atom stereocenters. The maximum absolute atomic E-state index is 12.4. The van der Waals surface area contributed by atoms with Crippen molar-refractivity contribution in [1.29, 1.82) is 0 Å². The number of carbonyl (C=O) groups is 1. The van der Waals surface area contributed by atoms with Crippen LogP contribution in [-0.4, -0.2) is 59.2 Å². The molecule has 0 spiro atoms. The highest BCUT2D eigenvalue weighted by Gasteiger charge is 2.35. The summed E-state index contributed by atoms with van der Waals surface area (Å²) >= 11 is 0. The third-order valence-corrected chi connectivity index (χ3v) is 4.42. The molecule has 1 aromatic rings. The molecule has 1 aromatic heterocycles. The van der Waals surface area contributed by atoms with Gasteiger partial charge in [-0.1, -0.05) is 5.16 Å². The summed E-state index contributed by atoms with van der Waals surface area (Å²) in [4.78, 5) is 18.8. The first-order valence-electron chi connectivity index (χ1n) is 7.84. The van der Waals surface area contributed by atoms with E-state index in [0.717, 1.165) is 45.3 Å². The van der Waals surface area contributed by atoms with Gasteiger partial charge in [-0.05, 0) is 45.3 Å². The molecule has 3 rings (SSSR count). The van der Waals surface area contributed by atoms with Crippen molar-refractivity contribution in [3.8, 4) is 0 Å². The number of piperidine rings is 1. The fourth-order valence-corrected chi connectivity index (χ4v) is 3.36. The van der Waals surface area contributed by atoms with Crippen molar-refractivity contribution in [2.75, 3.05) is 26.2 Å². The SMILES string of the molecule is O=C(NCCc1ncno1)C1CCCN1C1CCNCC1. The first-order valence-corrected chi connectivity index (χ1v) is 7.84. The monoisotopic (exact) mass is 293 g/mol. The van der Waals surface area contributed by atoms with Gasteiger partial charge in [0.25, 0.3) is 0 Å². The molecule has 3 heterocycles. The highest BCUT2D eigenvalue weighted by Crippen LogP contribution is 2.24. The Kier molecular flexibility index (Phi) is 4.82. The highest BCUT2D eigenvalue weighted by atomic mass is 16.5. The summed E-state index contributed by atoms with van der Waals surface area (Å²) in [5.41, 5.74) is 0. The Labute approximate surface area is 124 Å². The van der Waals surface area contributed by atoms with Crippen LogP contribution in [0.1, 0.15) is 31.6 Å². The lowest BCUT2D eigenvalue weighted by atomic mass is 10.0. The molecule has 0 bridgehead atoms. The van der Waals surface area contributed by atoms with Gasteiger partial charge in [0, 0.05) is 19.0 Å². The molecule has 1 unspecified atom stereocenters.